The average molecular weight is 479 g/mol. The van der Waals surface area contributed by atoms with Crippen molar-refractivity contribution >= 4 is 23.0 Å². The van der Waals surface area contributed by atoms with Crippen molar-refractivity contribution in [2.75, 3.05) is 12.0 Å². The van der Waals surface area contributed by atoms with Crippen molar-refractivity contribution in [1.82, 2.24) is 5.32 Å². The zero-order valence-corrected chi connectivity index (χ0v) is 20.5. The van der Waals surface area contributed by atoms with E-state index in [-0.39, 0.29) is 11.7 Å². The highest BCUT2D eigenvalue weighted by Gasteiger charge is 2.54. The number of rotatable bonds is 8. The lowest BCUT2D eigenvalue weighted by molar-refractivity contribution is -0.155. The molecule has 3 aromatic rings. The number of carboxylic acid groups (broad SMARTS) is 1. The molecule has 178 valence electrons. The molecule has 0 amide bonds. The molecule has 0 radical (unpaired) electrons. The zero-order chi connectivity index (χ0) is 23.9. The van der Waals surface area contributed by atoms with E-state index in [1.165, 1.54) is 38.7 Å². The highest BCUT2D eigenvalue weighted by atomic mass is 32.1. The molecule has 2 fully saturated rings. The minimum Gasteiger partial charge on any atom is -0.481 e. The molecule has 1 aromatic heterocycles. The van der Waals surface area contributed by atoms with Gasteiger partial charge in [0.15, 0.2) is 0 Å². The summed E-state index contributed by atoms with van der Waals surface area (Å²) in [5.41, 5.74) is 6.21. The Kier molecular flexibility index (Phi) is 6.21. The molecule has 0 unspecified atom stereocenters. The maximum Gasteiger partial charge on any atom is 0.306 e. The van der Waals surface area contributed by atoms with E-state index in [2.05, 4.69) is 48.7 Å². The molecule has 1 heterocycles. The van der Waals surface area contributed by atoms with Crippen LogP contribution < -0.4 is 10.6 Å². The number of thiophene rings is 1. The van der Waals surface area contributed by atoms with Crippen LogP contribution in [0.25, 0.3) is 11.1 Å². The van der Waals surface area contributed by atoms with Gasteiger partial charge in [-0.1, -0.05) is 36.4 Å². The Labute approximate surface area is 204 Å². The maximum atomic E-state index is 13.2. The van der Waals surface area contributed by atoms with Gasteiger partial charge < -0.3 is 10.4 Å². The quantitative estimate of drug-likeness (QED) is 0.330. The summed E-state index contributed by atoms with van der Waals surface area (Å²) in [5.74, 6) is -0.975. The van der Waals surface area contributed by atoms with Crippen molar-refractivity contribution in [3.05, 3.63) is 75.2 Å². The normalized spacial score (nSPS) is 23.4. The topological polar surface area (TPSA) is 61.4 Å². The second-order valence-corrected chi connectivity index (χ2v) is 11.5. The van der Waals surface area contributed by atoms with Crippen LogP contribution in [-0.4, -0.2) is 23.8 Å². The number of benzene rings is 2. The number of nitrogens with one attached hydrogen (secondary N) is 2. The Hall–Kier alpha value is -2.70. The van der Waals surface area contributed by atoms with Crippen LogP contribution in [0.5, 0.6) is 0 Å². The average Bonchev–Trinajstić information content (AvgIpc) is 3.01. The van der Waals surface area contributed by atoms with Crippen molar-refractivity contribution in [3.8, 4) is 11.1 Å². The van der Waals surface area contributed by atoms with E-state index in [9.17, 15) is 9.18 Å². The second-order valence-electron chi connectivity index (χ2n) is 10.1. The summed E-state index contributed by atoms with van der Waals surface area (Å²) in [5, 5.41) is 16.4. The fraction of sp³-hybridized carbons (Fsp3) is 0.393. The highest BCUT2D eigenvalue weighted by molar-refractivity contribution is 7.12. The Balaban J connectivity index is 1.17. The first-order valence-electron chi connectivity index (χ1n) is 12.0. The Bertz CT molecular complexity index is 1170. The van der Waals surface area contributed by atoms with E-state index < -0.39 is 5.97 Å². The lowest BCUT2D eigenvalue weighted by Crippen LogP contribution is -2.56. The van der Waals surface area contributed by atoms with E-state index in [0.717, 1.165) is 49.9 Å². The maximum absolute atomic E-state index is 13.2. The number of halogens is 1. The van der Waals surface area contributed by atoms with Gasteiger partial charge >= 0.3 is 5.97 Å². The summed E-state index contributed by atoms with van der Waals surface area (Å²) in [7, 11) is 0. The van der Waals surface area contributed by atoms with E-state index in [1.54, 1.807) is 0 Å². The number of carbonyl (C=O) groups is 1. The first-order valence-corrected chi connectivity index (χ1v) is 12.8. The van der Waals surface area contributed by atoms with Gasteiger partial charge in [-0.2, -0.15) is 0 Å². The molecular weight excluding hydrogens is 447 g/mol. The van der Waals surface area contributed by atoms with Crippen LogP contribution in [0.1, 0.15) is 46.6 Å². The monoisotopic (exact) mass is 478 g/mol. The molecule has 5 rings (SSSR count). The number of anilines is 1. The summed E-state index contributed by atoms with van der Waals surface area (Å²) in [6, 6.07) is 15.6. The summed E-state index contributed by atoms with van der Waals surface area (Å²) >= 11 is 1.83. The first-order chi connectivity index (χ1) is 16.3. The van der Waals surface area contributed by atoms with Gasteiger partial charge in [0.2, 0.25) is 0 Å². The molecule has 0 saturated heterocycles. The number of hydrogen-bond donors (Lipinski definition) is 3. The number of aryl methyl sites for hydroxylation is 2. The van der Waals surface area contributed by atoms with Gasteiger partial charge in [0.25, 0.3) is 0 Å². The molecule has 1 spiro atoms. The van der Waals surface area contributed by atoms with E-state index in [4.69, 9.17) is 5.11 Å². The standard InChI is InChI=1S/C28H31FN2O2S/c1-17-25(11-19-3-5-20(6-4-19)21-7-9-23(29)10-8-21)26(18(2)34-17)31-16-30-24-14-28(15-24)12-22(13-28)27(32)33/h3-10,22,24,30-31H,11-16H2,1-2H3,(H,32,33). The SMILES string of the molecule is Cc1sc(C)c(NCNC2CC3(C2)CC(C(=O)O)C3)c1Cc1ccc(-c2ccc(F)cc2)cc1. The summed E-state index contributed by atoms with van der Waals surface area (Å²) < 4.78 is 13.2. The smallest absolute Gasteiger partial charge is 0.306 e. The van der Waals surface area contributed by atoms with Gasteiger partial charge in [0.05, 0.1) is 18.3 Å². The number of hydrogen-bond acceptors (Lipinski definition) is 4. The minimum atomic E-state index is -0.635. The van der Waals surface area contributed by atoms with E-state index >= 15 is 0 Å². The van der Waals surface area contributed by atoms with E-state index in [0.29, 0.717) is 11.5 Å². The largest absolute Gasteiger partial charge is 0.481 e. The van der Waals surface area contributed by atoms with Crippen LogP contribution in [-0.2, 0) is 11.2 Å². The fourth-order valence-corrected chi connectivity index (χ4v) is 6.80. The number of aliphatic carboxylic acids is 1. The molecule has 2 saturated carbocycles. The third-order valence-electron chi connectivity index (χ3n) is 7.62. The van der Waals surface area contributed by atoms with Gasteiger partial charge in [-0.25, -0.2) is 4.39 Å². The minimum absolute atomic E-state index is 0.122. The molecule has 0 bridgehead atoms. The second kappa shape index (κ2) is 9.16. The molecule has 4 nitrogen and oxygen atoms in total. The summed E-state index contributed by atoms with van der Waals surface area (Å²) in [6.07, 6.45) is 4.74. The lowest BCUT2D eigenvalue weighted by Gasteiger charge is -2.56. The molecule has 2 aromatic carbocycles. The first kappa shape index (κ1) is 23.1. The predicted molar refractivity (Wildman–Crippen MR) is 136 cm³/mol. The molecule has 34 heavy (non-hydrogen) atoms. The molecule has 6 heteroatoms. The molecule has 0 aliphatic heterocycles. The van der Waals surface area contributed by atoms with Crippen molar-refractivity contribution in [1.29, 1.82) is 0 Å². The number of carboxylic acids is 1. The molecule has 0 atom stereocenters. The Morgan fingerprint density at radius 3 is 2.24 bits per heavy atom. The third-order valence-corrected chi connectivity index (χ3v) is 8.68. The highest BCUT2D eigenvalue weighted by Crippen LogP contribution is 2.58. The molecule has 2 aliphatic rings. The molecular formula is C28H31FN2O2S. The summed E-state index contributed by atoms with van der Waals surface area (Å²) in [4.78, 5) is 13.7. The third kappa shape index (κ3) is 4.62. The van der Waals surface area contributed by atoms with Gasteiger partial charge in [0.1, 0.15) is 5.82 Å². The Morgan fingerprint density at radius 1 is 1.00 bits per heavy atom. The lowest BCUT2D eigenvalue weighted by atomic mass is 9.50. The van der Waals surface area contributed by atoms with Crippen LogP contribution in [0, 0.1) is 31.0 Å². The van der Waals surface area contributed by atoms with Gasteiger partial charge in [0, 0.05) is 22.2 Å². The van der Waals surface area contributed by atoms with Gasteiger partial charge in [-0.3, -0.25) is 10.1 Å². The van der Waals surface area contributed by atoms with Crippen molar-refractivity contribution < 1.29 is 14.3 Å². The fourth-order valence-electron chi connectivity index (χ4n) is 5.74. The van der Waals surface area contributed by atoms with Crippen molar-refractivity contribution in [3.63, 3.8) is 0 Å². The van der Waals surface area contributed by atoms with Crippen LogP contribution in [0.4, 0.5) is 10.1 Å². The Morgan fingerprint density at radius 2 is 1.62 bits per heavy atom. The van der Waals surface area contributed by atoms with Gasteiger partial charge in [-0.05, 0) is 79.3 Å². The van der Waals surface area contributed by atoms with Crippen LogP contribution >= 0.6 is 11.3 Å². The molecule has 3 N–H and O–H groups in total. The van der Waals surface area contributed by atoms with E-state index in [1.807, 2.05) is 23.5 Å². The van der Waals surface area contributed by atoms with Crippen LogP contribution in [0.2, 0.25) is 0 Å². The summed E-state index contributed by atoms with van der Waals surface area (Å²) in [6.45, 7) is 5.07. The van der Waals surface area contributed by atoms with Crippen LogP contribution in [0.15, 0.2) is 48.5 Å². The molecule has 2 aliphatic carbocycles. The zero-order valence-electron chi connectivity index (χ0n) is 19.7. The van der Waals surface area contributed by atoms with Crippen molar-refractivity contribution in [2.45, 2.75) is 52.0 Å². The predicted octanol–water partition coefficient (Wildman–Crippen LogP) is 6.36. The van der Waals surface area contributed by atoms with Crippen molar-refractivity contribution in [2.24, 2.45) is 11.3 Å². The van der Waals surface area contributed by atoms with Crippen LogP contribution in [0.3, 0.4) is 0 Å². The van der Waals surface area contributed by atoms with Gasteiger partial charge in [-0.15, -0.1) is 11.3 Å².